The summed E-state index contributed by atoms with van der Waals surface area (Å²) in [5, 5.41) is 1.74. The second kappa shape index (κ2) is 18.6. The molecule has 0 spiro atoms. The van der Waals surface area contributed by atoms with Gasteiger partial charge in [0.05, 0.1) is 6.04 Å². The minimum atomic E-state index is -0.484. The average molecular weight is 842 g/mol. The molecule has 0 radical (unpaired) electrons. The van der Waals surface area contributed by atoms with Gasteiger partial charge in [0.2, 0.25) is 0 Å². The maximum atomic E-state index is 13.2. The van der Waals surface area contributed by atoms with Crippen molar-refractivity contribution in [3.8, 4) is 5.75 Å². The summed E-state index contributed by atoms with van der Waals surface area (Å²) in [5.74, 6) is -0.0802. The van der Waals surface area contributed by atoms with Crippen LogP contribution in [0.3, 0.4) is 0 Å². The average Bonchev–Trinajstić information content (AvgIpc) is 3.38. The Hall–Kier alpha value is -2.30. The molecule has 1 aliphatic rings. The number of aromatic amines is 1. The van der Waals surface area contributed by atoms with E-state index in [9.17, 15) is 9.18 Å². The minimum Gasteiger partial charge on any atom is -0.410 e. The smallest absolute Gasteiger partial charge is 0.410 e. The predicted octanol–water partition coefficient (Wildman–Crippen LogP) is 9.41. The summed E-state index contributed by atoms with van der Waals surface area (Å²) in [5.41, 5.74) is 4.02. The van der Waals surface area contributed by atoms with E-state index in [0.717, 1.165) is 34.1 Å². The predicted molar refractivity (Wildman–Crippen MR) is 174 cm³/mol. The number of carbonyl (C=O) groups excluding carboxylic acids is 1. The number of nitrogens with one attached hydrogen (secondary N) is 1. The zero-order chi connectivity index (χ0) is 30.6. The molecule has 0 saturated carbocycles. The van der Waals surface area contributed by atoms with Crippen LogP contribution in [0.4, 0.5) is 9.18 Å². The molecular weight excluding hydrogens is 799 g/mol. The molecule has 5 nitrogen and oxygen atoms in total. The topological polar surface area (TPSA) is 48.6 Å². The first-order chi connectivity index (χ1) is 20.9. The zero-order valence-electron chi connectivity index (χ0n) is 25.9. The van der Waals surface area contributed by atoms with Gasteiger partial charge in [-0.1, -0.05) is 38.3 Å². The fourth-order valence-corrected chi connectivity index (χ4v) is 5.88. The van der Waals surface area contributed by atoms with Crippen LogP contribution < -0.4 is 4.74 Å². The van der Waals surface area contributed by atoms with E-state index in [-0.39, 0.29) is 43.0 Å². The third kappa shape index (κ3) is 9.85. The van der Waals surface area contributed by atoms with E-state index >= 15 is 0 Å². The molecule has 2 heterocycles. The van der Waals surface area contributed by atoms with Gasteiger partial charge in [-0.3, -0.25) is 4.90 Å². The summed E-state index contributed by atoms with van der Waals surface area (Å²) < 4.78 is 18.7. The summed E-state index contributed by atoms with van der Waals surface area (Å²) in [6.45, 7) is 12.7. The third-order valence-corrected chi connectivity index (χ3v) is 7.94. The van der Waals surface area contributed by atoms with Crippen LogP contribution in [0.15, 0.2) is 66.7 Å². The van der Waals surface area contributed by atoms with Crippen molar-refractivity contribution in [2.24, 2.45) is 0 Å². The van der Waals surface area contributed by atoms with Crippen molar-refractivity contribution in [1.82, 2.24) is 14.8 Å². The molecule has 1 unspecified atom stereocenters. The van der Waals surface area contributed by atoms with Crippen LogP contribution in [0.1, 0.15) is 75.2 Å². The molecular formula is C36H43ClFN3O2U. The summed E-state index contributed by atoms with van der Waals surface area (Å²) in [6.07, 6.45) is 7.87. The van der Waals surface area contributed by atoms with Crippen molar-refractivity contribution < 1.29 is 45.0 Å². The van der Waals surface area contributed by atoms with Gasteiger partial charge in [-0.25, -0.2) is 9.18 Å². The molecule has 4 aromatic rings. The molecule has 232 valence electrons. The van der Waals surface area contributed by atoms with Gasteiger partial charge < -0.3 is 21.5 Å². The summed E-state index contributed by atoms with van der Waals surface area (Å²) >= 11 is 6.22. The molecule has 0 aliphatic carbocycles. The molecule has 1 amide bonds. The number of rotatable bonds is 11. The number of halogens is 2. The number of hydrogen-bond donors (Lipinski definition) is 1. The monoisotopic (exact) mass is 841 g/mol. The Bertz CT molecular complexity index is 1420. The first kappa shape index (κ1) is 36.2. The van der Waals surface area contributed by atoms with Gasteiger partial charge >= 0.3 is 37.2 Å². The zero-order valence-corrected chi connectivity index (χ0v) is 30.8. The molecule has 0 bridgehead atoms. The number of benzene rings is 3. The van der Waals surface area contributed by atoms with E-state index < -0.39 is 6.09 Å². The van der Waals surface area contributed by atoms with Crippen LogP contribution in [-0.4, -0.2) is 47.1 Å². The van der Waals surface area contributed by atoms with E-state index in [0.29, 0.717) is 23.7 Å². The maximum absolute atomic E-state index is 13.2. The number of nitrogens with zero attached hydrogens (tertiary/aromatic N) is 2. The van der Waals surface area contributed by atoms with E-state index in [1.54, 1.807) is 4.90 Å². The second-order valence-electron chi connectivity index (χ2n) is 11.0. The Morgan fingerprint density at radius 1 is 1.05 bits per heavy atom. The van der Waals surface area contributed by atoms with Crippen molar-refractivity contribution in [2.45, 2.75) is 64.8 Å². The molecule has 3 aromatic carbocycles. The SMILES string of the molecule is O=C(Oc1ccc(F)cc1)N1CCc2c([nH]c3ccc(Cl)cc23)C1c1cc[c-]cc1.[CH2-]CCCCCN(CCC)CCC.[U+2]. The van der Waals surface area contributed by atoms with Crippen molar-refractivity contribution >= 4 is 28.6 Å². The Kier molecular flexibility index (Phi) is 15.3. The number of ether oxygens (including phenoxy) is 1. The summed E-state index contributed by atoms with van der Waals surface area (Å²) in [6, 6.07) is 21.4. The number of fused-ring (bicyclic) bond motifs is 3. The van der Waals surface area contributed by atoms with Gasteiger partial charge in [0, 0.05) is 28.2 Å². The Morgan fingerprint density at radius 2 is 1.75 bits per heavy atom. The van der Waals surface area contributed by atoms with Crippen LogP contribution in [0, 0.1) is 49.9 Å². The van der Waals surface area contributed by atoms with Gasteiger partial charge in [0.1, 0.15) is 11.6 Å². The van der Waals surface area contributed by atoms with E-state index in [1.807, 2.05) is 42.5 Å². The van der Waals surface area contributed by atoms with Gasteiger partial charge in [-0.2, -0.15) is 36.8 Å². The van der Waals surface area contributed by atoms with Crippen LogP contribution in [0.2, 0.25) is 5.02 Å². The minimum absolute atomic E-state index is 0. The number of H-pyrrole nitrogens is 1. The Labute approximate surface area is 290 Å². The first-order valence-electron chi connectivity index (χ1n) is 15.5. The van der Waals surface area contributed by atoms with E-state index in [4.69, 9.17) is 16.3 Å². The molecule has 1 N–H and O–H groups in total. The van der Waals surface area contributed by atoms with Gasteiger partial charge in [-0.05, 0) is 93.3 Å². The van der Waals surface area contributed by atoms with Gasteiger partial charge in [-0.15, -0.1) is 5.56 Å². The number of aromatic nitrogens is 1. The van der Waals surface area contributed by atoms with E-state index in [2.05, 4.69) is 36.7 Å². The molecule has 0 fully saturated rings. The third-order valence-electron chi connectivity index (χ3n) is 7.71. The standard InChI is InChI=1S/C24H17ClFN2O2.C12H26N.U/c25-16-6-11-21-20(14-16)19-12-13-28(24(29)30-18-9-7-17(26)8-10-18)23(22(19)27-21)15-4-2-1-3-5-15;1-4-7-8-9-12-13(10-5-2)11-6-3;/h2-11,14,23,27H,12-13H2;1,4-12H2,2-3H3;/q2*-1;+2. The largest absolute Gasteiger partial charge is 2.00 e. The molecule has 0 saturated heterocycles. The number of carbonyl (C=O) groups is 1. The molecule has 1 aromatic heterocycles. The summed E-state index contributed by atoms with van der Waals surface area (Å²) in [7, 11) is 0. The molecule has 5 rings (SSSR count). The van der Waals surface area contributed by atoms with Crippen molar-refractivity contribution in [1.29, 1.82) is 0 Å². The van der Waals surface area contributed by atoms with Gasteiger partial charge in [0.15, 0.2) is 0 Å². The fourth-order valence-electron chi connectivity index (χ4n) is 5.70. The van der Waals surface area contributed by atoms with Crippen molar-refractivity contribution in [3.05, 3.63) is 107 Å². The van der Waals surface area contributed by atoms with Gasteiger partial charge in [0.25, 0.3) is 0 Å². The summed E-state index contributed by atoms with van der Waals surface area (Å²) in [4.78, 5) is 20.8. The number of amides is 1. The Balaban J connectivity index is 0.000000324. The Morgan fingerprint density at radius 3 is 2.41 bits per heavy atom. The normalized spacial score (nSPS) is 14.0. The molecule has 8 heteroatoms. The maximum Gasteiger partial charge on any atom is 2.00 e. The molecule has 1 aliphatic heterocycles. The first-order valence-corrected chi connectivity index (χ1v) is 15.8. The molecule has 44 heavy (non-hydrogen) atoms. The van der Waals surface area contributed by atoms with Crippen LogP contribution in [-0.2, 0) is 6.42 Å². The number of unbranched alkanes of at least 4 members (excludes halogenated alkanes) is 3. The van der Waals surface area contributed by atoms with Crippen molar-refractivity contribution in [2.75, 3.05) is 26.2 Å². The van der Waals surface area contributed by atoms with Crippen LogP contribution >= 0.6 is 11.6 Å². The van der Waals surface area contributed by atoms with Crippen molar-refractivity contribution in [3.63, 3.8) is 0 Å². The fraction of sp³-hybridized carbons (Fsp3) is 0.389. The van der Waals surface area contributed by atoms with Crippen LogP contribution in [0.5, 0.6) is 5.75 Å². The second-order valence-corrected chi connectivity index (χ2v) is 11.4. The van der Waals surface area contributed by atoms with E-state index in [1.165, 1.54) is 76.0 Å². The number of hydrogen-bond acceptors (Lipinski definition) is 3. The van der Waals surface area contributed by atoms with Crippen LogP contribution in [0.25, 0.3) is 10.9 Å². The quantitative estimate of drug-likeness (QED) is 0.121. The molecule has 1 atom stereocenters.